The van der Waals surface area contributed by atoms with Gasteiger partial charge in [0.05, 0.1) is 6.54 Å². The molecule has 0 aliphatic heterocycles. The lowest BCUT2D eigenvalue weighted by molar-refractivity contribution is 0.404. The van der Waals surface area contributed by atoms with E-state index >= 15 is 0 Å². The highest BCUT2D eigenvalue weighted by molar-refractivity contribution is 8.00. The number of nitrogens with two attached hydrogens (primary N) is 1. The number of nitrogens with one attached hydrogen (secondary N) is 1. The molecule has 16 heavy (non-hydrogen) atoms. The highest BCUT2D eigenvalue weighted by Gasteiger charge is 2.30. The van der Waals surface area contributed by atoms with Gasteiger partial charge in [-0.3, -0.25) is 4.99 Å². The van der Waals surface area contributed by atoms with E-state index in [-0.39, 0.29) is 0 Å². The van der Waals surface area contributed by atoms with Crippen LogP contribution in [0.5, 0.6) is 0 Å². The second kappa shape index (κ2) is 6.38. The predicted molar refractivity (Wildman–Crippen MR) is 74.1 cm³/mol. The smallest absolute Gasteiger partial charge is 0.188 e. The molecule has 0 radical (unpaired) electrons. The molecule has 0 saturated heterocycles. The Kier molecular flexibility index (Phi) is 5.46. The summed E-state index contributed by atoms with van der Waals surface area (Å²) in [6, 6.07) is 0.361. The topological polar surface area (TPSA) is 50.4 Å². The van der Waals surface area contributed by atoms with Crippen LogP contribution in [0.4, 0.5) is 0 Å². The fourth-order valence-electron chi connectivity index (χ4n) is 2.19. The second-order valence-electron chi connectivity index (χ2n) is 4.95. The average molecular weight is 243 g/mol. The first-order valence-corrected chi connectivity index (χ1v) is 7.42. The van der Waals surface area contributed by atoms with Crippen LogP contribution in [0.2, 0.25) is 0 Å². The molecule has 0 bridgehead atoms. The van der Waals surface area contributed by atoms with Crippen LogP contribution in [0, 0.1) is 0 Å². The Bertz CT molecular complexity index is 232. The maximum absolute atomic E-state index is 5.84. The number of aliphatic imine (C=N–C) groups is 1. The minimum absolute atomic E-state index is 0.349. The summed E-state index contributed by atoms with van der Waals surface area (Å²) in [7, 11) is 0. The molecule has 1 fully saturated rings. The zero-order valence-electron chi connectivity index (χ0n) is 10.8. The maximum Gasteiger partial charge on any atom is 0.188 e. The Morgan fingerprint density at radius 1 is 1.38 bits per heavy atom. The molecule has 0 amide bonds. The molecule has 1 aliphatic carbocycles. The second-order valence-corrected chi connectivity index (χ2v) is 6.22. The Balaban J connectivity index is 2.49. The lowest BCUT2D eigenvalue weighted by Crippen LogP contribution is -2.39. The first-order valence-electron chi connectivity index (χ1n) is 6.19. The Hall–Kier alpha value is -0.380. The summed E-state index contributed by atoms with van der Waals surface area (Å²) in [5.41, 5.74) is 5.84. The third kappa shape index (κ3) is 4.24. The number of nitrogens with zero attached hydrogens (tertiary/aromatic N) is 1. The van der Waals surface area contributed by atoms with E-state index in [1.54, 1.807) is 0 Å². The quantitative estimate of drug-likeness (QED) is 0.589. The molecule has 0 unspecified atom stereocenters. The van der Waals surface area contributed by atoms with Crippen molar-refractivity contribution >= 4 is 17.7 Å². The van der Waals surface area contributed by atoms with E-state index in [4.69, 9.17) is 5.73 Å². The van der Waals surface area contributed by atoms with Gasteiger partial charge in [0.25, 0.3) is 0 Å². The van der Waals surface area contributed by atoms with Crippen molar-refractivity contribution in [2.24, 2.45) is 10.7 Å². The van der Waals surface area contributed by atoms with Gasteiger partial charge >= 0.3 is 0 Å². The highest BCUT2D eigenvalue weighted by Crippen LogP contribution is 2.38. The molecule has 0 aromatic carbocycles. The minimum atomic E-state index is 0.349. The van der Waals surface area contributed by atoms with Gasteiger partial charge in [-0.05, 0) is 32.9 Å². The molecular formula is C12H25N3S. The molecule has 94 valence electrons. The third-order valence-electron chi connectivity index (χ3n) is 3.17. The number of hydrogen-bond donors (Lipinski definition) is 2. The van der Waals surface area contributed by atoms with Gasteiger partial charge in [0.15, 0.2) is 5.96 Å². The van der Waals surface area contributed by atoms with Crippen molar-refractivity contribution in [2.75, 3.05) is 12.8 Å². The number of thioether (sulfide) groups is 1. The monoisotopic (exact) mass is 243 g/mol. The molecule has 1 aliphatic rings. The molecule has 0 aromatic heterocycles. The molecule has 3 nitrogen and oxygen atoms in total. The van der Waals surface area contributed by atoms with Crippen molar-refractivity contribution in [3.05, 3.63) is 0 Å². The predicted octanol–water partition coefficient (Wildman–Crippen LogP) is 2.37. The van der Waals surface area contributed by atoms with E-state index in [1.807, 2.05) is 11.8 Å². The third-order valence-corrected chi connectivity index (χ3v) is 4.58. The van der Waals surface area contributed by atoms with E-state index in [9.17, 15) is 0 Å². The summed E-state index contributed by atoms with van der Waals surface area (Å²) in [4.78, 5) is 4.49. The van der Waals surface area contributed by atoms with E-state index in [2.05, 4.69) is 30.4 Å². The Labute approximate surface area is 104 Å². The van der Waals surface area contributed by atoms with Crippen molar-refractivity contribution in [3.8, 4) is 0 Å². The summed E-state index contributed by atoms with van der Waals surface area (Å²) >= 11 is 1.96. The van der Waals surface area contributed by atoms with Crippen LogP contribution in [0.3, 0.4) is 0 Å². The first kappa shape index (κ1) is 13.7. The summed E-state index contributed by atoms with van der Waals surface area (Å²) in [6.07, 6.45) is 8.83. The van der Waals surface area contributed by atoms with Crippen molar-refractivity contribution in [3.63, 3.8) is 0 Å². The van der Waals surface area contributed by atoms with Crippen LogP contribution in [-0.4, -0.2) is 29.5 Å². The van der Waals surface area contributed by atoms with Gasteiger partial charge in [0.2, 0.25) is 0 Å². The van der Waals surface area contributed by atoms with E-state index < -0.39 is 0 Å². The van der Waals surface area contributed by atoms with Crippen LogP contribution < -0.4 is 11.1 Å². The molecule has 0 aromatic rings. The van der Waals surface area contributed by atoms with Crippen LogP contribution in [-0.2, 0) is 0 Å². The fraction of sp³-hybridized carbons (Fsp3) is 0.917. The SMILES string of the molecule is CSC1(CN=C(N)NC(C)C)CCCCC1. The largest absolute Gasteiger partial charge is 0.370 e. The zero-order chi connectivity index (χ0) is 12.0. The molecular weight excluding hydrogens is 218 g/mol. The van der Waals surface area contributed by atoms with Crippen LogP contribution >= 0.6 is 11.8 Å². The average Bonchev–Trinajstić information content (AvgIpc) is 2.27. The van der Waals surface area contributed by atoms with Gasteiger partial charge in [-0.1, -0.05) is 19.3 Å². The van der Waals surface area contributed by atoms with E-state index in [0.29, 0.717) is 16.7 Å². The zero-order valence-corrected chi connectivity index (χ0v) is 11.6. The lowest BCUT2D eigenvalue weighted by atomic mass is 9.88. The normalized spacial score (nSPS) is 21.1. The summed E-state index contributed by atoms with van der Waals surface area (Å²) < 4.78 is 0.349. The fourth-order valence-corrected chi connectivity index (χ4v) is 3.08. The van der Waals surface area contributed by atoms with Gasteiger partial charge < -0.3 is 11.1 Å². The number of hydrogen-bond acceptors (Lipinski definition) is 2. The minimum Gasteiger partial charge on any atom is -0.370 e. The Morgan fingerprint density at radius 3 is 2.50 bits per heavy atom. The van der Waals surface area contributed by atoms with Gasteiger partial charge in [-0.2, -0.15) is 11.8 Å². The first-order chi connectivity index (χ1) is 7.58. The van der Waals surface area contributed by atoms with Gasteiger partial charge in [-0.25, -0.2) is 0 Å². The van der Waals surface area contributed by atoms with Gasteiger partial charge in [0, 0.05) is 10.8 Å². The number of guanidine groups is 1. The van der Waals surface area contributed by atoms with Crippen molar-refractivity contribution in [1.29, 1.82) is 0 Å². The molecule has 3 N–H and O–H groups in total. The van der Waals surface area contributed by atoms with Gasteiger partial charge in [0.1, 0.15) is 0 Å². The van der Waals surface area contributed by atoms with Gasteiger partial charge in [-0.15, -0.1) is 0 Å². The van der Waals surface area contributed by atoms with Crippen LogP contribution in [0.15, 0.2) is 4.99 Å². The van der Waals surface area contributed by atoms with E-state index in [1.165, 1.54) is 32.1 Å². The molecule has 0 heterocycles. The molecule has 1 saturated carbocycles. The summed E-state index contributed by atoms with van der Waals surface area (Å²) in [5.74, 6) is 0.592. The van der Waals surface area contributed by atoms with Crippen LogP contribution in [0.25, 0.3) is 0 Å². The van der Waals surface area contributed by atoms with Crippen molar-refractivity contribution in [1.82, 2.24) is 5.32 Å². The van der Waals surface area contributed by atoms with Crippen LogP contribution in [0.1, 0.15) is 46.0 Å². The summed E-state index contributed by atoms with van der Waals surface area (Å²) in [6.45, 7) is 5.01. The standard InChI is InChI=1S/C12H25N3S/c1-10(2)15-11(13)14-9-12(16-3)7-5-4-6-8-12/h10H,4-9H2,1-3H3,(H3,13,14,15). The maximum atomic E-state index is 5.84. The highest BCUT2D eigenvalue weighted by atomic mass is 32.2. The van der Waals surface area contributed by atoms with E-state index in [0.717, 1.165) is 6.54 Å². The Morgan fingerprint density at radius 2 is 2.00 bits per heavy atom. The number of rotatable bonds is 4. The van der Waals surface area contributed by atoms with Crippen molar-refractivity contribution < 1.29 is 0 Å². The lowest BCUT2D eigenvalue weighted by Gasteiger charge is -2.34. The molecule has 0 spiro atoms. The van der Waals surface area contributed by atoms with Crippen molar-refractivity contribution in [2.45, 2.75) is 56.7 Å². The molecule has 0 atom stereocenters. The molecule has 1 rings (SSSR count). The molecule has 4 heteroatoms. The summed E-state index contributed by atoms with van der Waals surface area (Å²) in [5, 5.41) is 3.14.